The molecule has 1 aliphatic rings. The lowest BCUT2D eigenvalue weighted by atomic mass is 10.2. The molecule has 0 aliphatic carbocycles. The maximum absolute atomic E-state index is 13.5. The first-order valence-corrected chi connectivity index (χ1v) is 7.17. The third-order valence-corrected chi connectivity index (χ3v) is 3.81. The highest BCUT2D eigenvalue weighted by atomic mass is 32.2. The molecule has 1 amide bonds. The van der Waals surface area contributed by atoms with Crippen molar-refractivity contribution in [2.24, 2.45) is 0 Å². The van der Waals surface area contributed by atoms with Gasteiger partial charge in [-0.25, -0.2) is 4.39 Å². The number of benzene rings is 1. The molecule has 1 saturated heterocycles. The van der Waals surface area contributed by atoms with Crippen molar-refractivity contribution in [1.82, 2.24) is 4.90 Å². The number of thioether (sulfide) groups is 1. The van der Waals surface area contributed by atoms with E-state index in [-0.39, 0.29) is 17.4 Å². The topological polar surface area (TPSA) is 32.3 Å². The summed E-state index contributed by atoms with van der Waals surface area (Å²) >= 11 is 1.90. The van der Waals surface area contributed by atoms with Gasteiger partial charge in [-0.15, -0.1) is 0 Å². The molecule has 1 N–H and O–H groups in total. The first-order chi connectivity index (χ1) is 8.65. The van der Waals surface area contributed by atoms with Gasteiger partial charge in [0.2, 0.25) is 5.91 Å². The van der Waals surface area contributed by atoms with Crippen molar-refractivity contribution in [1.29, 1.82) is 0 Å². The number of halogens is 1. The van der Waals surface area contributed by atoms with E-state index in [9.17, 15) is 9.18 Å². The van der Waals surface area contributed by atoms with E-state index in [1.54, 1.807) is 12.1 Å². The van der Waals surface area contributed by atoms with Crippen molar-refractivity contribution in [3.8, 4) is 0 Å². The Balaban J connectivity index is 1.92. The van der Waals surface area contributed by atoms with Crippen LogP contribution in [-0.4, -0.2) is 41.9 Å². The van der Waals surface area contributed by atoms with E-state index in [1.807, 2.05) is 18.7 Å². The molecule has 1 fully saturated rings. The van der Waals surface area contributed by atoms with Crippen LogP contribution >= 0.6 is 11.8 Å². The van der Waals surface area contributed by atoms with Gasteiger partial charge in [0.05, 0.1) is 12.2 Å². The van der Waals surface area contributed by atoms with Gasteiger partial charge in [0.25, 0.3) is 0 Å². The summed E-state index contributed by atoms with van der Waals surface area (Å²) in [6, 6.07) is 4.72. The van der Waals surface area contributed by atoms with Crippen molar-refractivity contribution in [3.05, 3.63) is 29.6 Å². The van der Waals surface area contributed by atoms with Crippen LogP contribution in [-0.2, 0) is 4.79 Å². The molecule has 18 heavy (non-hydrogen) atoms. The van der Waals surface area contributed by atoms with E-state index in [0.29, 0.717) is 6.54 Å². The summed E-state index contributed by atoms with van der Waals surface area (Å²) in [5.41, 5.74) is 1.20. The molecule has 1 aromatic rings. The lowest BCUT2D eigenvalue weighted by Gasteiger charge is -2.25. The fourth-order valence-electron chi connectivity index (χ4n) is 1.89. The average Bonchev–Trinajstić information content (AvgIpc) is 2.35. The van der Waals surface area contributed by atoms with Crippen LogP contribution in [0.25, 0.3) is 0 Å². The van der Waals surface area contributed by atoms with Crippen LogP contribution in [0, 0.1) is 12.7 Å². The first kappa shape index (κ1) is 13.4. The maximum Gasteiger partial charge on any atom is 0.238 e. The Hall–Kier alpha value is -1.07. The highest BCUT2D eigenvalue weighted by Gasteiger charge is 2.15. The van der Waals surface area contributed by atoms with Crippen LogP contribution in [0.3, 0.4) is 0 Å². The highest BCUT2D eigenvalue weighted by molar-refractivity contribution is 7.99. The monoisotopic (exact) mass is 268 g/mol. The maximum atomic E-state index is 13.5. The molecule has 0 spiro atoms. The van der Waals surface area contributed by atoms with Crippen LogP contribution in [0.4, 0.5) is 10.1 Å². The number of carbonyl (C=O) groups excluding carboxylic acids is 1. The average molecular weight is 268 g/mol. The third-order valence-electron chi connectivity index (χ3n) is 2.87. The van der Waals surface area contributed by atoms with Gasteiger partial charge in [0.1, 0.15) is 5.82 Å². The molecular weight excluding hydrogens is 251 g/mol. The fraction of sp³-hybridized carbons (Fsp3) is 0.462. The van der Waals surface area contributed by atoms with Gasteiger partial charge in [0, 0.05) is 24.6 Å². The van der Waals surface area contributed by atoms with E-state index in [1.165, 1.54) is 6.07 Å². The summed E-state index contributed by atoms with van der Waals surface area (Å²) in [7, 11) is 0. The minimum Gasteiger partial charge on any atom is -0.322 e. The number of hydrogen-bond acceptors (Lipinski definition) is 3. The SMILES string of the molecule is Cc1ccc(F)c(NC(=O)CN2CCSCC2)c1. The number of nitrogens with one attached hydrogen (secondary N) is 1. The third kappa shape index (κ3) is 3.71. The van der Waals surface area contributed by atoms with Crippen LogP contribution in [0.15, 0.2) is 18.2 Å². The summed E-state index contributed by atoms with van der Waals surface area (Å²) in [6.45, 7) is 4.06. The van der Waals surface area contributed by atoms with E-state index in [2.05, 4.69) is 10.2 Å². The van der Waals surface area contributed by atoms with Crippen LogP contribution in [0.1, 0.15) is 5.56 Å². The Labute approximate surface area is 111 Å². The predicted octanol–water partition coefficient (Wildman–Crippen LogP) is 2.12. The molecule has 0 atom stereocenters. The minimum atomic E-state index is -0.386. The summed E-state index contributed by atoms with van der Waals surface area (Å²) in [4.78, 5) is 13.9. The van der Waals surface area contributed by atoms with Gasteiger partial charge in [0.15, 0.2) is 0 Å². The van der Waals surface area contributed by atoms with Crippen LogP contribution < -0.4 is 5.32 Å². The van der Waals surface area contributed by atoms with Crippen molar-refractivity contribution >= 4 is 23.4 Å². The molecule has 0 unspecified atom stereocenters. The lowest BCUT2D eigenvalue weighted by Crippen LogP contribution is -2.38. The molecule has 0 radical (unpaired) electrons. The number of carbonyl (C=O) groups is 1. The Morgan fingerprint density at radius 3 is 2.89 bits per heavy atom. The number of amides is 1. The molecule has 1 aromatic carbocycles. The van der Waals surface area contributed by atoms with Gasteiger partial charge < -0.3 is 5.32 Å². The standard InChI is InChI=1S/C13H17FN2OS/c1-10-2-3-11(14)12(8-10)15-13(17)9-16-4-6-18-7-5-16/h2-3,8H,4-7,9H2,1H3,(H,15,17). The van der Waals surface area contributed by atoms with E-state index < -0.39 is 0 Å². The Kier molecular flexibility index (Phi) is 4.60. The molecular formula is C13H17FN2OS. The van der Waals surface area contributed by atoms with Crippen molar-refractivity contribution in [2.45, 2.75) is 6.92 Å². The van der Waals surface area contributed by atoms with Crippen LogP contribution in [0.2, 0.25) is 0 Å². The number of nitrogens with zero attached hydrogens (tertiary/aromatic N) is 1. The normalized spacial score (nSPS) is 16.6. The second kappa shape index (κ2) is 6.20. The minimum absolute atomic E-state index is 0.147. The molecule has 98 valence electrons. The molecule has 3 nitrogen and oxygen atoms in total. The quantitative estimate of drug-likeness (QED) is 0.911. The smallest absolute Gasteiger partial charge is 0.238 e. The number of rotatable bonds is 3. The number of aryl methyl sites for hydroxylation is 1. The molecule has 1 heterocycles. The first-order valence-electron chi connectivity index (χ1n) is 6.01. The van der Waals surface area contributed by atoms with E-state index >= 15 is 0 Å². The van der Waals surface area contributed by atoms with Crippen molar-refractivity contribution in [3.63, 3.8) is 0 Å². The van der Waals surface area contributed by atoms with E-state index in [0.717, 1.165) is 30.2 Å². The lowest BCUT2D eigenvalue weighted by molar-refractivity contribution is -0.117. The molecule has 1 aliphatic heterocycles. The van der Waals surface area contributed by atoms with Gasteiger partial charge in [-0.2, -0.15) is 11.8 Å². The van der Waals surface area contributed by atoms with Gasteiger partial charge in [-0.05, 0) is 24.6 Å². The Morgan fingerprint density at radius 2 is 2.17 bits per heavy atom. The summed E-state index contributed by atoms with van der Waals surface area (Å²) in [5, 5.41) is 2.64. The zero-order chi connectivity index (χ0) is 13.0. The van der Waals surface area contributed by atoms with Gasteiger partial charge >= 0.3 is 0 Å². The molecule has 5 heteroatoms. The fourth-order valence-corrected chi connectivity index (χ4v) is 2.87. The number of hydrogen-bond donors (Lipinski definition) is 1. The largest absolute Gasteiger partial charge is 0.322 e. The zero-order valence-electron chi connectivity index (χ0n) is 10.4. The number of anilines is 1. The summed E-state index contributed by atoms with van der Waals surface area (Å²) < 4.78 is 13.5. The second-order valence-electron chi connectivity index (χ2n) is 4.42. The predicted molar refractivity (Wildman–Crippen MR) is 73.5 cm³/mol. The molecule has 0 bridgehead atoms. The highest BCUT2D eigenvalue weighted by Crippen LogP contribution is 2.16. The molecule has 2 rings (SSSR count). The summed E-state index contributed by atoms with van der Waals surface area (Å²) in [5.74, 6) is 1.59. The second-order valence-corrected chi connectivity index (χ2v) is 5.64. The zero-order valence-corrected chi connectivity index (χ0v) is 11.2. The van der Waals surface area contributed by atoms with Gasteiger partial charge in [-0.1, -0.05) is 6.07 Å². The van der Waals surface area contributed by atoms with E-state index in [4.69, 9.17) is 0 Å². The summed E-state index contributed by atoms with van der Waals surface area (Å²) in [6.07, 6.45) is 0. The molecule has 0 saturated carbocycles. The van der Waals surface area contributed by atoms with Crippen LogP contribution in [0.5, 0.6) is 0 Å². The Morgan fingerprint density at radius 1 is 1.44 bits per heavy atom. The van der Waals surface area contributed by atoms with Gasteiger partial charge in [-0.3, -0.25) is 9.69 Å². The van der Waals surface area contributed by atoms with Crippen molar-refractivity contribution in [2.75, 3.05) is 36.5 Å². The molecule has 0 aromatic heterocycles. The Bertz CT molecular complexity index is 433. The van der Waals surface area contributed by atoms with Crippen molar-refractivity contribution < 1.29 is 9.18 Å².